The van der Waals surface area contributed by atoms with Crippen molar-refractivity contribution in [1.29, 1.82) is 0 Å². The van der Waals surface area contributed by atoms with Crippen LogP contribution in [0.25, 0.3) is 0 Å². The quantitative estimate of drug-likeness (QED) is 0.779. The highest BCUT2D eigenvalue weighted by Crippen LogP contribution is 2.29. The van der Waals surface area contributed by atoms with Crippen LogP contribution in [0, 0.1) is 5.92 Å². The fourth-order valence-electron chi connectivity index (χ4n) is 2.03. The molecule has 1 aliphatic carbocycles. The van der Waals surface area contributed by atoms with Gasteiger partial charge in [0.15, 0.2) is 0 Å². The first-order valence-electron chi connectivity index (χ1n) is 7.88. The lowest BCUT2D eigenvalue weighted by atomic mass is 10.2. The molecule has 1 saturated heterocycles. The predicted molar refractivity (Wildman–Crippen MR) is 80.8 cm³/mol. The summed E-state index contributed by atoms with van der Waals surface area (Å²) in [5, 5.41) is 10.1. The van der Waals surface area contributed by atoms with Crippen molar-refractivity contribution in [2.24, 2.45) is 5.92 Å². The van der Waals surface area contributed by atoms with E-state index in [1.54, 1.807) is 4.90 Å². The average molecular weight is 368 g/mol. The van der Waals surface area contributed by atoms with E-state index in [2.05, 4.69) is 5.32 Å². The summed E-state index contributed by atoms with van der Waals surface area (Å²) in [7, 11) is 0. The lowest BCUT2D eigenvalue weighted by molar-refractivity contribution is -0.192. The molecule has 2 fully saturated rings. The molecule has 1 aliphatic heterocycles. The van der Waals surface area contributed by atoms with Crippen molar-refractivity contribution in [3.63, 3.8) is 0 Å². The van der Waals surface area contributed by atoms with E-state index in [0.717, 1.165) is 19.3 Å². The monoisotopic (exact) mass is 368 g/mol. The number of carboxylic acids is 1. The van der Waals surface area contributed by atoms with Crippen molar-refractivity contribution in [3.8, 4) is 0 Å². The molecule has 0 bridgehead atoms. The van der Waals surface area contributed by atoms with Crippen LogP contribution in [0.15, 0.2) is 0 Å². The fraction of sp³-hybridized carbons (Fsp3) is 0.800. The number of likely N-dealkylation sites (tertiary alicyclic amines) is 1. The van der Waals surface area contributed by atoms with Gasteiger partial charge in [-0.05, 0) is 40.0 Å². The van der Waals surface area contributed by atoms with Crippen molar-refractivity contribution in [3.05, 3.63) is 0 Å². The summed E-state index contributed by atoms with van der Waals surface area (Å²) in [5.41, 5.74) is -0.466. The van der Waals surface area contributed by atoms with Gasteiger partial charge < -0.3 is 20.1 Å². The number of ether oxygens (including phenoxy) is 1. The Bertz CT molecular complexity index is 512. The van der Waals surface area contributed by atoms with Crippen molar-refractivity contribution in [1.82, 2.24) is 10.2 Å². The molecule has 0 aromatic heterocycles. The van der Waals surface area contributed by atoms with Gasteiger partial charge in [-0.25, -0.2) is 9.59 Å². The van der Waals surface area contributed by atoms with Crippen LogP contribution in [0.5, 0.6) is 0 Å². The van der Waals surface area contributed by atoms with Crippen LogP contribution >= 0.6 is 0 Å². The van der Waals surface area contributed by atoms with Gasteiger partial charge in [-0.2, -0.15) is 13.2 Å². The third kappa shape index (κ3) is 8.08. The van der Waals surface area contributed by atoms with Gasteiger partial charge in [-0.1, -0.05) is 0 Å². The van der Waals surface area contributed by atoms with Crippen LogP contribution in [0.2, 0.25) is 0 Å². The number of carboxylic acid groups (broad SMARTS) is 1. The summed E-state index contributed by atoms with van der Waals surface area (Å²) in [4.78, 5) is 34.0. The molecule has 1 atom stereocenters. The lowest BCUT2D eigenvalue weighted by Crippen LogP contribution is -2.40. The highest BCUT2D eigenvalue weighted by molar-refractivity contribution is 5.81. The Labute approximate surface area is 143 Å². The van der Waals surface area contributed by atoms with Gasteiger partial charge in [0, 0.05) is 25.0 Å². The van der Waals surface area contributed by atoms with E-state index in [1.807, 2.05) is 20.8 Å². The van der Waals surface area contributed by atoms with E-state index in [9.17, 15) is 22.8 Å². The number of alkyl halides is 3. The Balaban J connectivity index is 0.000000381. The number of hydrogen-bond donors (Lipinski definition) is 2. The molecule has 144 valence electrons. The minimum atomic E-state index is -5.08. The number of nitrogens with one attached hydrogen (secondary N) is 1. The Morgan fingerprint density at radius 1 is 1.12 bits per heavy atom. The second kappa shape index (κ2) is 7.92. The molecular weight excluding hydrogens is 345 g/mol. The van der Waals surface area contributed by atoms with Crippen LogP contribution in [-0.4, -0.2) is 58.9 Å². The number of nitrogens with zero attached hydrogens (tertiary/aromatic N) is 1. The second-order valence-electron chi connectivity index (χ2n) is 7.00. The van der Waals surface area contributed by atoms with Crippen LogP contribution < -0.4 is 5.32 Å². The van der Waals surface area contributed by atoms with Gasteiger partial charge in [-0.15, -0.1) is 0 Å². The maximum atomic E-state index is 11.8. The summed E-state index contributed by atoms with van der Waals surface area (Å²) in [6.07, 6.45) is -2.54. The summed E-state index contributed by atoms with van der Waals surface area (Å²) >= 11 is 0. The molecule has 10 heteroatoms. The van der Waals surface area contributed by atoms with Crippen molar-refractivity contribution < 1.29 is 37.4 Å². The smallest absolute Gasteiger partial charge is 0.475 e. The summed E-state index contributed by atoms with van der Waals surface area (Å²) < 4.78 is 37.0. The molecule has 0 aromatic carbocycles. The third-order valence-corrected chi connectivity index (χ3v) is 3.38. The first-order chi connectivity index (χ1) is 11.3. The molecule has 0 aromatic rings. The van der Waals surface area contributed by atoms with Gasteiger partial charge in [0.05, 0.1) is 0 Å². The summed E-state index contributed by atoms with van der Waals surface area (Å²) in [6, 6.07) is 0.0885. The standard InChI is InChI=1S/C13H22N2O3.C2HF3O2/c1-13(2,3)18-12(17)15-7-6-10(8-15)14-11(16)9-4-5-9;3-2(4,5)1(6)7/h9-10H,4-8H2,1-3H3,(H,14,16);(H,6,7). The zero-order chi connectivity index (χ0) is 19.4. The molecule has 2 aliphatic rings. The molecule has 2 N–H and O–H groups in total. The number of hydrogen-bond acceptors (Lipinski definition) is 4. The molecule has 0 radical (unpaired) electrons. The summed E-state index contributed by atoms with van der Waals surface area (Å²) in [5.74, 6) is -2.39. The van der Waals surface area contributed by atoms with Crippen LogP contribution in [-0.2, 0) is 14.3 Å². The minimum absolute atomic E-state index is 0.0885. The molecule has 1 saturated carbocycles. The molecule has 2 amide bonds. The number of aliphatic carboxylic acids is 1. The Morgan fingerprint density at radius 3 is 2.04 bits per heavy atom. The number of halogens is 3. The van der Waals surface area contributed by atoms with E-state index in [-0.39, 0.29) is 24.0 Å². The van der Waals surface area contributed by atoms with Gasteiger partial charge in [0.2, 0.25) is 5.91 Å². The average Bonchev–Trinajstić information content (AvgIpc) is 3.17. The van der Waals surface area contributed by atoms with E-state index in [4.69, 9.17) is 14.6 Å². The Morgan fingerprint density at radius 2 is 1.64 bits per heavy atom. The first kappa shape index (κ1) is 21.0. The van der Waals surface area contributed by atoms with Gasteiger partial charge in [0.1, 0.15) is 5.60 Å². The number of rotatable bonds is 2. The largest absolute Gasteiger partial charge is 0.490 e. The first-order valence-corrected chi connectivity index (χ1v) is 7.88. The minimum Gasteiger partial charge on any atom is -0.475 e. The number of carbonyl (C=O) groups is 3. The van der Waals surface area contributed by atoms with Crippen LogP contribution in [0.4, 0.5) is 18.0 Å². The lowest BCUT2D eigenvalue weighted by Gasteiger charge is -2.24. The second-order valence-corrected chi connectivity index (χ2v) is 7.00. The molecule has 7 nitrogen and oxygen atoms in total. The number of carbonyl (C=O) groups excluding carboxylic acids is 2. The van der Waals surface area contributed by atoms with Crippen molar-refractivity contribution >= 4 is 18.0 Å². The fourth-order valence-corrected chi connectivity index (χ4v) is 2.03. The zero-order valence-electron chi connectivity index (χ0n) is 14.4. The van der Waals surface area contributed by atoms with Crippen molar-refractivity contribution in [2.45, 2.75) is 57.9 Å². The Kier molecular flexibility index (Phi) is 6.67. The van der Waals surface area contributed by atoms with E-state index < -0.39 is 17.7 Å². The van der Waals surface area contributed by atoms with Crippen LogP contribution in [0.1, 0.15) is 40.0 Å². The SMILES string of the molecule is CC(C)(C)OC(=O)N1CCC(NC(=O)C2CC2)C1.O=C(O)C(F)(F)F. The summed E-state index contributed by atoms with van der Waals surface area (Å²) in [6.45, 7) is 6.78. The normalized spacial score (nSPS) is 20.4. The molecule has 2 rings (SSSR count). The number of amides is 2. The maximum absolute atomic E-state index is 11.8. The zero-order valence-corrected chi connectivity index (χ0v) is 14.4. The maximum Gasteiger partial charge on any atom is 0.490 e. The van der Waals surface area contributed by atoms with E-state index >= 15 is 0 Å². The van der Waals surface area contributed by atoms with E-state index in [0.29, 0.717) is 13.1 Å². The van der Waals surface area contributed by atoms with Crippen molar-refractivity contribution in [2.75, 3.05) is 13.1 Å². The molecule has 25 heavy (non-hydrogen) atoms. The topological polar surface area (TPSA) is 95.9 Å². The van der Waals surface area contributed by atoms with Gasteiger partial charge >= 0.3 is 18.2 Å². The molecular formula is C15H23F3N2O5. The molecule has 1 heterocycles. The van der Waals surface area contributed by atoms with Crippen LogP contribution in [0.3, 0.4) is 0 Å². The van der Waals surface area contributed by atoms with Gasteiger partial charge in [-0.3, -0.25) is 4.79 Å². The predicted octanol–water partition coefficient (Wildman–Crippen LogP) is 2.16. The third-order valence-electron chi connectivity index (χ3n) is 3.38. The van der Waals surface area contributed by atoms with E-state index in [1.165, 1.54) is 0 Å². The van der Waals surface area contributed by atoms with Gasteiger partial charge in [0.25, 0.3) is 0 Å². The Hall–Kier alpha value is -2.00. The molecule has 1 unspecified atom stereocenters. The highest BCUT2D eigenvalue weighted by Gasteiger charge is 2.38. The molecule has 0 spiro atoms. The highest BCUT2D eigenvalue weighted by atomic mass is 19.4.